The van der Waals surface area contributed by atoms with Gasteiger partial charge in [0.2, 0.25) is 5.92 Å². The molecule has 0 spiro atoms. The highest BCUT2D eigenvalue weighted by atomic mass is 19.3. The topological polar surface area (TPSA) is 20.2 Å². The van der Waals surface area contributed by atoms with Crippen molar-refractivity contribution in [2.75, 3.05) is 0 Å². The highest BCUT2D eigenvalue weighted by Gasteiger charge is 2.42. The van der Waals surface area contributed by atoms with Crippen LogP contribution in [-0.2, 0) is 0 Å². The fraction of sp³-hybridized carbons (Fsp3) is 1.00. The van der Waals surface area contributed by atoms with Gasteiger partial charge in [-0.3, -0.25) is 0 Å². The largest absolute Gasteiger partial charge is 0.393 e. The van der Waals surface area contributed by atoms with Gasteiger partial charge in [-0.2, -0.15) is 0 Å². The van der Waals surface area contributed by atoms with Crippen molar-refractivity contribution in [3.05, 3.63) is 0 Å². The molecule has 0 saturated heterocycles. The molecule has 0 heterocycles. The first-order chi connectivity index (χ1) is 8.53. The van der Waals surface area contributed by atoms with E-state index in [0.29, 0.717) is 12.3 Å². The van der Waals surface area contributed by atoms with Crippen molar-refractivity contribution in [1.29, 1.82) is 0 Å². The fourth-order valence-electron chi connectivity index (χ4n) is 4.04. The maximum Gasteiger partial charge on any atom is 0.248 e. The average molecular weight is 260 g/mol. The van der Waals surface area contributed by atoms with Gasteiger partial charge in [-0.05, 0) is 37.0 Å². The molecule has 0 aliphatic heterocycles. The lowest BCUT2D eigenvalue weighted by Crippen LogP contribution is -2.40. The molecule has 0 bridgehead atoms. The van der Waals surface area contributed by atoms with Crippen molar-refractivity contribution >= 4 is 0 Å². The van der Waals surface area contributed by atoms with Gasteiger partial charge in [-0.1, -0.05) is 32.6 Å². The summed E-state index contributed by atoms with van der Waals surface area (Å²) < 4.78 is 26.9. The van der Waals surface area contributed by atoms with Gasteiger partial charge < -0.3 is 5.11 Å². The summed E-state index contributed by atoms with van der Waals surface area (Å²) in [5.74, 6) is -1.90. The third-order valence-corrected chi connectivity index (χ3v) is 5.09. The monoisotopic (exact) mass is 260 g/mol. The number of rotatable bonds is 3. The summed E-state index contributed by atoms with van der Waals surface area (Å²) in [6, 6.07) is 0. The van der Waals surface area contributed by atoms with Gasteiger partial charge in [0.1, 0.15) is 0 Å². The number of alkyl halides is 2. The zero-order valence-corrected chi connectivity index (χ0v) is 11.4. The Morgan fingerprint density at radius 2 is 1.89 bits per heavy atom. The number of hydrogen-bond donors (Lipinski definition) is 1. The van der Waals surface area contributed by atoms with E-state index in [1.807, 2.05) is 0 Å². The smallest absolute Gasteiger partial charge is 0.248 e. The van der Waals surface area contributed by atoms with Gasteiger partial charge in [0, 0.05) is 12.8 Å². The second-order valence-corrected chi connectivity index (χ2v) is 6.32. The third-order valence-electron chi connectivity index (χ3n) is 5.09. The van der Waals surface area contributed by atoms with Gasteiger partial charge in [-0.25, -0.2) is 8.78 Å². The molecule has 106 valence electrons. The number of halogens is 2. The lowest BCUT2D eigenvalue weighted by atomic mass is 9.69. The molecule has 4 atom stereocenters. The molecule has 0 aromatic rings. The zero-order valence-electron chi connectivity index (χ0n) is 11.4. The van der Waals surface area contributed by atoms with E-state index in [1.165, 1.54) is 12.8 Å². The summed E-state index contributed by atoms with van der Waals surface area (Å²) in [4.78, 5) is 0. The number of aliphatic hydroxyl groups is 1. The Morgan fingerprint density at radius 1 is 1.17 bits per heavy atom. The molecule has 2 aliphatic rings. The molecular formula is C15H26F2O. The van der Waals surface area contributed by atoms with Crippen molar-refractivity contribution in [2.24, 2.45) is 17.8 Å². The molecule has 1 N–H and O–H groups in total. The van der Waals surface area contributed by atoms with Crippen LogP contribution in [0.1, 0.15) is 64.7 Å². The molecule has 0 radical (unpaired) electrons. The molecule has 3 heteroatoms. The second-order valence-electron chi connectivity index (χ2n) is 6.32. The Kier molecular flexibility index (Phi) is 4.63. The quantitative estimate of drug-likeness (QED) is 0.798. The minimum absolute atomic E-state index is 0.0120. The van der Waals surface area contributed by atoms with Gasteiger partial charge in [-0.15, -0.1) is 0 Å². The summed E-state index contributed by atoms with van der Waals surface area (Å²) in [5, 5.41) is 10.5. The third kappa shape index (κ3) is 3.23. The number of hydrogen-bond acceptors (Lipinski definition) is 1. The fourth-order valence-corrected chi connectivity index (χ4v) is 4.04. The zero-order chi connectivity index (χ0) is 13.2. The van der Waals surface area contributed by atoms with E-state index in [0.717, 1.165) is 25.7 Å². The van der Waals surface area contributed by atoms with Crippen molar-refractivity contribution in [1.82, 2.24) is 0 Å². The Morgan fingerprint density at radius 3 is 2.56 bits per heavy atom. The highest BCUT2D eigenvalue weighted by molar-refractivity contribution is 4.88. The summed E-state index contributed by atoms with van der Waals surface area (Å²) in [5.41, 5.74) is 0. The molecule has 0 aromatic carbocycles. The van der Waals surface area contributed by atoms with Gasteiger partial charge >= 0.3 is 0 Å². The number of aliphatic hydroxyl groups excluding tert-OH is 1. The standard InChI is InChI=1S/C15H26F2O/c1-2-11-6-3-4-8-13(11)14(18)12-7-5-9-15(16,17)10-12/h11-14,18H,2-10H2,1H3. The Bertz CT molecular complexity index is 267. The molecule has 2 saturated carbocycles. The predicted octanol–water partition coefficient (Wildman–Crippen LogP) is 4.39. The summed E-state index contributed by atoms with van der Waals surface area (Å²) >= 11 is 0. The van der Waals surface area contributed by atoms with Crippen molar-refractivity contribution in [3.8, 4) is 0 Å². The first-order valence-electron chi connectivity index (χ1n) is 7.59. The summed E-state index contributed by atoms with van der Waals surface area (Å²) in [7, 11) is 0. The van der Waals surface area contributed by atoms with Crippen LogP contribution in [0, 0.1) is 17.8 Å². The first-order valence-corrected chi connectivity index (χ1v) is 7.59. The molecule has 2 rings (SSSR count). The van der Waals surface area contributed by atoms with E-state index in [2.05, 4.69) is 6.92 Å². The lowest BCUT2D eigenvalue weighted by Gasteiger charge is -2.40. The van der Waals surface area contributed by atoms with Crippen LogP contribution in [-0.4, -0.2) is 17.1 Å². The Balaban J connectivity index is 1.98. The van der Waals surface area contributed by atoms with E-state index in [9.17, 15) is 13.9 Å². The van der Waals surface area contributed by atoms with Gasteiger partial charge in [0.05, 0.1) is 6.10 Å². The molecular weight excluding hydrogens is 234 g/mol. The average Bonchev–Trinajstić information content (AvgIpc) is 2.36. The van der Waals surface area contributed by atoms with Crippen LogP contribution in [0.2, 0.25) is 0 Å². The van der Waals surface area contributed by atoms with E-state index >= 15 is 0 Å². The van der Waals surface area contributed by atoms with Crippen LogP contribution >= 0.6 is 0 Å². The second kappa shape index (κ2) is 5.85. The molecule has 0 aromatic heterocycles. The Hall–Kier alpha value is -0.180. The van der Waals surface area contributed by atoms with E-state index < -0.39 is 12.0 Å². The first kappa shape index (κ1) is 14.2. The van der Waals surface area contributed by atoms with Crippen molar-refractivity contribution in [3.63, 3.8) is 0 Å². The van der Waals surface area contributed by atoms with Crippen molar-refractivity contribution < 1.29 is 13.9 Å². The molecule has 2 aliphatic carbocycles. The van der Waals surface area contributed by atoms with Crippen LogP contribution in [0.15, 0.2) is 0 Å². The van der Waals surface area contributed by atoms with Gasteiger partial charge in [0.15, 0.2) is 0 Å². The lowest BCUT2D eigenvalue weighted by molar-refractivity contribution is -0.0937. The van der Waals surface area contributed by atoms with Crippen LogP contribution < -0.4 is 0 Å². The van der Waals surface area contributed by atoms with Crippen LogP contribution in [0.25, 0.3) is 0 Å². The Labute approximate surface area is 109 Å². The highest BCUT2D eigenvalue weighted by Crippen LogP contribution is 2.43. The van der Waals surface area contributed by atoms with Crippen LogP contribution in [0.5, 0.6) is 0 Å². The molecule has 2 fully saturated rings. The maximum atomic E-state index is 13.4. The van der Waals surface area contributed by atoms with Crippen LogP contribution in [0.4, 0.5) is 8.78 Å². The van der Waals surface area contributed by atoms with Crippen molar-refractivity contribution in [2.45, 2.75) is 76.7 Å². The normalized spacial score (nSPS) is 38.3. The molecule has 0 amide bonds. The summed E-state index contributed by atoms with van der Waals surface area (Å²) in [6.07, 6.45) is 6.43. The maximum absolute atomic E-state index is 13.4. The minimum Gasteiger partial charge on any atom is -0.393 e. The van der Waals surface area contributed by atoms with E-state index in [1.54, 1.807) is 0 Å². The van der Waals surface area contributed by atoms with Crippen LogP contribution in [0.3, 0.4) is 0 Å². The van der Waals surface area contributed by atoms with E-state index in [4.69, 9.17) is 0 Å². The van der Waals surface area contributed by atoms with E-state index in [-0.39, 0.29) is 24.7 Å². The molecule has 18 heavy (non-hydrogen) atoms. The summed E-state index contributed by atoms with van der Waals surface area (Å²) in [6.45, 7) is 2.16. The minimum atomic E-state index is -2.54. The predicted molar refractivity (Wildman–Crippen MR) is 68.7 cm³/mol. The van der Waals surface area contributed by atoms with Gasteiger partial charge in [0.25, 0.3) is 0 Å². The molecule has 1 nitrogen and oxygen atoms in total. The SMILES string of the molecule is CCC1CCCCC1C(O)C1CCCC(F)(F)C1. The molecule has 4 unspecified atom stereocenters.